The minimum atomic E-state index is -4.98. The molecular formula is C24H18F5N3O3. The molecule has 1 N–H and O–H groups in total. The number of hydrogen-bond donors (Lipinski definition) is 1. The molecule has 0 spiro atoms. The number of benzene rings is 3. The van der Waals surface area contributed by atoms with Crippen molar-refractivity contribution in [3.05, 3.63) is 82.9 Å². The molecule has 0 bridgehead atoms. The van der Waals surface area contributed by atoms with Crippen molar-refractivity contribution in [2.75, 3.05) is 13.7 Å². The number of oxime groups is 2. The first-order chi connectivity index (χ1) is 16.7. The first kappa shape index (κ1) is 24.1. The third-order valence-electron chi connectivity index (χ3n) is 5.59. The minimum Gasteiger partial charge on any atom is -0.399 e. The summed E-state index contributed by atoms with van der Waals surface area (Å²) in [5.74, 6) is -3.13. The molecule has 0 saturated carbocycles. The minimum absolute atomic E-state index is 0.0533. The fraction of sp³-hybridized carbons (Fsp3) is 0.208. The fourth-order valence-electron chi connectivity index (χ4n) is 3.89. The molecule has 0 fully saturated rings. The van der Waals surface area contributed by atoms with E-state index in [1.165, 1.54) is 25.5 Å². The van der Waals surface area contributed by atoms with Crippen LogP contribution >= 0.6 is 0 Å². The number of fused-ring (bicyclic) bond motifs is 1. The van der Waals surface area contributed by atoms with E-state index >= 15 is 0 Å². The summed E-state index contributed by atoms with van der Waals surface area (Å²) in [5, 5.41) is 10.8. The Bertz CT molecular complexity index is 1340. The summed E-state index contributed by atoms with van der Waals surface area (Å²) < 4.78 is 69.7. The molecule has 1 atom stereocenters. The van der Waals surface area contributed by atoms with Gasteiger partial charge >= 0.3 is 6.18 Å². The summed E-state index contributed by atoms with van der Waals surface area (Å²) in [4.78, 5) is 22.1. The molecule has 1 aliphatic heterocycles. The van der Waals surface area contributed by atoms with Gasteiger partial charge in [-0.25, -0.2) is 8.78 Å². The lowest BCUT2D eigenvalue weighted by molar-refractivity contribution is -0.276. The molecule has 4 rings (SSSR count). The zero-order valence-electron chi connectivity index (χ0n) is 18.2. The number of nitrogens with one attached hydrogen (secondary N) is 1. The molecule has 3 aromatic carbocycles. The van der Waals surface area contributed by atoms with Crippen molar-refractivity contribution in [3.63, 3.8) is 0 Å². The maximum atomic E-state index is 14.2. The average Bonchev–Trinajstić information content (AvgIpc) is 3.29. The van der Waals surface area contributed by atoms with Gasteiger partial charge in [0.1, 0.15) is 7.11 Å². The second kappa shape index (κ2) is 9.32. The average molecular weight is 491 g/mol. The molecule has 1 amide bonds. The monoisotopic (exact) mass is 491 g/mol. The van der Waals surface area contributed by atoms with Gasteiger partial charge in [0.25, 0.3) is 11.5 Å². The Balaban J connectivity index is 1.72. The summed E-state index contributed by atoms with van der Waals surface area (Å²) >= 11 is 0. The van der Waals surface area contributed by atoms with Crippen LogP contribution in [-0.2, 0) is 15.3 Å². The van der Waals surface area contributed by atoms with Crippen LogP contribution in [0, 0.1) is 11.6 Å². The first-order valence-electron chi connectivity index (χ1n) is 10.3. The second-order valence-electron chi connectivity index (χ2n) is 7.65. The largest absolute Gasteiger partial charge is 0.435 e. The van der Waals surface area contributed by atoms with Crippen molar-refractivity contribution in [2.45, 2.75) is 18.2 Å². The smallest absolute Gasteiger partial charge is 0.399 e. The number of halogens is 5. The van der Waals surface area contributed by atoms with Gasteiger partial charge in [-0.15, -0.1) is 0 Å². The van der Waals surface area contributed by atoms with E-state index < -0.39 is 41.3 Å². The highest BCUT2D eigenvalue weighted by molar-refractivity contribution is 6.16. The van der Waals surface area contributed by atoms with Gasteiger partial charge in [-0.3, -0.25) is 4.79 Å². The highest BCUT2D eigenvalue weighted by atomic mass is 19.4. The van der Waals surface area contributed by atoms with E-state index in [1.807, 2.05) is 0 Å². The van der Waals surface area contributed by atoms with Crippen LogP contribution in [0.3, 0.4) is 0 Å². The Kier molecular flexibility index (Phi) is 6.42. The highest BCUT2D eigenvalue weighted by Crippen LogP contribution is 2.49. The lowest BCUT2D eigenvalue weighted by Gasteiger charge is -2.29. The lowest BCUT2D eigenvalue weighted by Crippen LogP contribution is -2.42. The molecule has 1 unspecified atom stereocenters. The van der Waals surface area contributed by atoms with Crippen molar-refractivity contribution in [1.29, 1.82) is 0 Å². The zero-order chi connectivity index (χ0) is 25.2. The van der Waals surface area contributed by atoms with Gasteiger partial charge in [-0.05, 0) is 29.0 Å². The van der Waals surface area contributed by atoms with E-state index in [9.17, 15) is 26.7 Å². The maximum Gasteiger partial charge on any atom is 0.435 e. The van der Waals surface area contributed by atoms with E-state index in [4.69, 9.17) is 4.84 Å². The van der Waals surface area contributed by atoms with E-state index in [1.54, 1.807) is 24.3 Å². The third-order valence-corrected chi connectivity index (χ3v) is 5.59. The molecule has 182 valence electrons. The standard InChI is InChI=1S/C24H18F5N3O3/c1-34-31-11-10-30-22(33)18-8-7-17(15-4-2-3-5-16(15)18)21-13-23(35-32-21,24(27,28)29)14-6-9-19(25)20(26)12-14/h2-9,11-12H,10,13H2,1H3,(H,30,33)/b31-11+. The van der Waals surface area contributed by atoms with Crippen molar-refractivity contribution < 1.29 is 36.4 Å². The first-order valence-corrected chi connectivity index (χ1v) is 10.3. The highest BCUT2D eigenvalue weighted by Gasteiger charge is 2.62. The summed E-state index contributed by atoms with van der Waals surface area (Å²) in [6.07, 6.45) is -4.40. The summed E-state index contributed by atoms with van der Waals surface area (Å²) in [6, 6.07) is 11.5. The normalized spacial score (nSPS) is 17.9. The number of rotatable bonds is 6. The van der Waals surface area contributed by atoms with Gasteiger partial charge in [-0.2, -0.15) is 13.2 Å². The molecule has 0 radical (unpaired) electrons. The van der Waals surface area contributed by atoms with E-state index in [0.717, 1.165) is 6.07 Å². The van der Waals surface area contributed by atoms with Crippen LogP contribution < -0.4 is 5.32 Å². The molecule has 3 aromatic rings. The molecule has 0 aliphatic carbocycles. The van der Waals surface area contributed by atoms with Crippen molar-refractivity contribution in [1.82, 2.24) is 5.32 Å². The Hall–Kier alpha value is -4.02. The predicted molar refractivity (Wildman–Crippen MR) is 118 cm³/mol. The van der Waals surface area contributed by atoms with Crippen LogP contribution in [0.5, 0.6) is 0 Å². The quantitative estimate of drug-likeness (QED) is 0.298. The van der Waals surface area contributed by atoms with Gasteiger partial charge in [0.15, 0.2) is 11.6 Å². The van der Waals surface area contributed by atoms with E-state index in [0.29, 0.717) is 28.5 Å². The van der Waals surface area contributed by atoms with E-state index in [2.05, 4.69) is 20.5 Å². The number of alkyl halides is 3. The zero-order valence-corrected chi connectivity index (χ0v) is 18.2. The molecule has 35 heavy (non-hydrogen) atoms. The number of carbonyl (C=O) groups is 1. The van der Waals surface area contributed by atoms with Crippen LogP contribution in [0.4, 0.5) is 22.0 Å². The summed E-state index contributed by atoms with van der Waals surface area (Å²) in [6.45, 7) is 0.103. The topological polar surface area (TPSA) is 72.3 Å². The number of hydrogen-bond acceptors (Lipinski definition) is 5. The summed E-state index contributed by atoms with van der Waals surface area (Å²) in [7, 11) is 1.36. The molecule has 1 heterocycles. The molecule has 6 nitrogen and oxygen atoms in total. The Morgan fingerprint density at radius 3 is 2.57 bits per heavy atom. The van der Waals surface area contributed by atoms with Crippen LogP contribution in [0.2, 0.25) is 0 Å². The fourth-order valence-corrected chi connectivity index (χ4v) is 3.89. The van der Waals surface area contributed by atoms with Crippen LogP contribution in [-0.4, -0.2) is 37.7 Å². The second-order valence-corrected chi connectivity index (χ2v) is 7.65. The van der Waals surface area contributed by atoms with Gasteiger partial charge < -0.3 is 15.0 Å². The van der Waals surface area contributed by atoms with Crippen molar-refractivity contribution in [2.24, 2.45) is 10.3 Å². The number of amides is 1. The van der Waals surface area contributed by atoms with Crippen molar-refractivity contribution in [3.8, 4) is 0 Å². The Morgan fingerprint density at radius 1 is 1.14 bits per heavy atom. The third kappa shape index (κ3) is 4.41. The Labute approximate surface area is 196 Å². The van der Waals surface area contributed by atoms with Gasteiger partial charge in [0, 0.05) is 23.1 Å². The van der Waals surface area contributed by atoms with Crippen LogP contribution in [0.25, 0.3) is 10.8 Å². The van der Waals surface area contributed by atoms with Crippen molar-refractivity contribution >= 4 is 28.6 Å². The molecule has 11 heteroatoms. The molecule has 0 saturated heterocycles. The number of carbonyl (C=O) groups excluding carboxylic acids is 1. The molecule has 0 aromatic heterocycles. The molecular weight excluding hydrogens is 473 g/mol. The SMILES string of the molecule is CO/N=C/CNC(=O)c1ccc(C2=NOC(c3ccc(F)c(F)c3)(C(F)(F)F)C2)c2ccccc12. The van der Waals surface area contributed by atoms with Crippen LogP contribution in [0.15, 0.2) is 64.9 Å². The van der Waals surface area contributed by atoms with E-state index in [-0.39, 0.29) is 17.8 Å². The van der Waals surface area contributed by atoms with Crippen LogP contribution in [0.1, 0.15) is 27.9 Å². The van der Waals surface area contributed by atoms with Gasteiger partial charge in [-0.1, -0.05) is 46.7 Å². The summed E-state index contributed by atoms with van der Waals surface area (Å²) in [5.41, 5.74) is -3.05. The lowest BCUT2D eigenvalue weighted by atomic mass is 9.85. The van der Waals surface area contributed by atoms with Gasteiger partial charge in [0.05, 0.1) is 18.5 Å². The maximum absolute atomic E-state index is 14.2. The Morgan fingerprint density at radius 2 is 1.89 bits per heavy atom. The molecule has 1 aliphatic rings. The van der Waals surface area contributed by atoms with Gasteiger partial charge in [0.2, 0.25) is 0 Å². The predicted octanol–water partition coefficient (Wildman–Crippen LogP) is 5.06. The number of nitrogens with zero attached hydrogens (tertiary/aromatic N) is 2.